The fraction of sp³-hybridized carbons (Fsp3) is 0.200. The third-order valence-corrected chi connectivity index (χ3v) is 5.49. The standard InChI is InChI=1S/C20H21N3O4S/c1-2-19(24)22-16-8-10-18(11-9-16)28(25,26)21-13-12-17-14-27-20(23-17)15-6-4-3-5-7-15/h3-11,14,21H,2,12-13H2,1H3,(H,22,24). The highest BCUT2D eigenvalue weighted by Gasteiger charge is 2.14. The molecule has 1 heterocycles. The summed E-state index contributed by atoms with van der Waals surface area (Å²) in [5.74, 6) is 0.374. The van der Waals surface area contributed by atoms with Crippen molar-refractivity contribution in [1.82, 2.24) is 9.71 Å². The molecule has 0 saturated heterocycles. The Balaban J connectivity index is 1.57. The third-order valence-electron chi connectivity index (χ3n) is 4.02. The minimum atomic E-state index is -3.65. The Morgan fingerprint density at radius 2 is 1.79 bits per heavy atom. The van der Waals surface area contributed by atoms with E-state index >= 15 is 0 Å². The van der Waals surface area contributed by atoms with Crippen molar-refractivity contribution < 1.29 is 17.6 Å². The van der Waals surface area contributed by atoms with E-state index in [0.29, 0.717) is 30.1 Å². The summed E-state index contributed by atoms with van der Waals surface area (Å²) >= 11 is 0. The molecular formula is C20H21N3O4S. The molecule has 0 unspecified atom stereocenters. The zero-order valence-corrected chi connectivity index (χ0v) is 16.2. The van der Waals surface area contributed by atoms with Crippen LogP contribution in [0, 0.1) is 0 Å². The molecule has 0 atom stereocenters. The maximum atomic E-state index is 12.4. The van der Waals surface area contributed by atoms with E-state index < -0.39 is 10.0 Å². The summed E-state index contributed by atoms with van der Waals surface area (Å²) in [4.78, 5) is 15.9. The van der Waals surface area contributed by atoms with Gasteiger partial charge in [0.15, 0.2) is 0 Å². The largest absolute Gasteiger partial charge is 0.444 e. The molecule has 0 aliphatic carbocycles. The molecule has 0 spiro atoms. The topological polar surface area (TPSA) is 101 Å². The van der Waals surface area contributed by atoms with Gasteiger partial charge in [-0.25, -0.2) is 18.1 Å². The highest BCUT2D eigenvalue weighted by atomic mass is 32.2. The number of sulfonamides is 1. The molecule has 0 radical (unpaired) electrons. The molecule has 0 saturated carbocycles. The summed E-state index contributed by atoms with van der Waals surface area (Å²) in [5, 5.41) is 2.68. The van der Waals surface area contributed by atoms with Crippen molar-refractivity contribution in [2.24, 2.45) is 0 Å². The number of hydrogen-bond acceptors (Lipinski definition) is 5. The van der Waals surface area contributed by atoms with Gasteiger partial charge >= 0.3 is 0 Å². The van der Waals surface area contributed by atoms with Gasteiger partial charge in [-0.2, -0.15) is 0 Å². The van der Waals surface area contributed by atoms with Gasteiger partial charge in [0, 0.05) is 30.6 Å². The van der Waals surface area contributed by atoms with Gasteiger partial charge in [-0.15, -0.1) is 0 Å². The first-order chi connectivity index (χ1) is 13.5. The van der Waals surface area contributed by atoms with Gasteiger partial charge in [0.1, 0.15) is 6.26 Å². The highest BCUT2D eigenvalue weighted by molar-refractivity contribution is 7.89. The van der Waals surface area contributed by atoms with E-state index in [1.54, 1.807) is 19.1 Å². The van der Waals surface area contributed by atoms with Crippen LogP contribution in [0.4, 0.5) is 5.69 Å². The Kier molecular flexibility index (Phi) is 6.23. The lowest BCUT2D eigenvalue weighted by molar-refractivity contribution is -0.115. The van der Waals surface area contributed by atoms with E-state index in [4.69, 9.17) is 4.42 Å². The number of hydrogen-bond donors (Lipinski definition) is 2. The summed E-state index contributed by atoms with van der Waals surface area (Å²) in [6.07, 6.45) is 2.29. The maximum absolute atomic E-state index is 12.4. The Morgan fingerprint density at radius 3 is 2.46 bits per heavy atom. The molecule has 8 heteroatoms. The number of anilines is 1. The number of rotatable bonds is 8. The molecule has 3 aromatic rings. The van der Waals surface area contributed by atoms with Crippen molar-refractivity contribution in [3.05, 3.63) is 66.6 Å². The fourth-order valence-corrected chi connectivity index (χ4v) is 3.53. The predicted octanol–water partition coefficient (Wildman–Crippen LogP) is 3.21. The number of amides is 1. The molecule has 2 aromatic carbocycles. The van der Waals surface area contributed by atoms with Crippen molar-refractivity contribution in [3.8, 4) is 11.5 Å². The smallest absolute Gasteiger partial charge is 0.240 e. The third kappa shape index (κ3) is 5.05. The second-order valence-corrected chi connectivity index (χ2v) is 7.85. The van der Waals surface area contributed by atoms with Crippen LogP contribution in [-0.2, 0) is 21.2 Å². The molecule has 28 heavy (non-hydrogen) atoms. The van der Waals surface area contributed by atoms with E-state index in [-0.39, 0.29) is 17.3 Å². The first kappa shape index (κ1) is 19.8. The molecule has 0 fully saturated rings. The zero-order chi connectivity index (χ0) is 20.0. The quantitative estimate of drug-likeness (QED) is 0.606. The average Bonchev–Trinajstić information content (AvgIpc) is 3.18. The van der Waals surface area contributed by atoms with E-state index in [0.717, 1.165) is 5.56 Å². The molecule has 1 amide bonds. The Morgan fingerprint density at radius 1 is 1.07 bits per heavy atom. The van der Waals surface area contributed by atoms with Crippen molar-refractivity contribution in [3.63, 3.8) is 0 Å². The number of benzene rings is 2. The molecule has 1 aromatic heterocycles. The highest BCUT2D eigenvalue weighted by Crippen LogP contribution is 2.18. The molecule has 0 aliphatic heterocycles. The number of carbonyl (C=O) groups is 1. The number of oxazole rings is 1. The van der Waals surface area contributed by atoms with Crippen molar-refractivity contribution >= 4 is 21.6 Å². The minimum Gasteiger partial charge on any atom is -0.444 e. The summed E-state index contributed by atoms with van der Waals surface area (Å²) < 4.78 is 32.8. The maximum Gasteiger partial charge on any atom is 0.240 e. The van der Waals surface area contributed by atoms with Crippen LogP contribution in [0.25, 0.3) is 11.5 Å². The van der Waals surface area contributed by atoms with Crippen LogP contribution in [0.3, 0.4) is 0 Å². The number of nitrogens with zero attached hydrogens (tertiary/aromatic N) is 1. The zero-order valence-electron chi connectivity index (χ0n) is 15.4. The number of carbonyl (C=O) groups excluding carboxylic acids is 1. The van der Waals surface area contributed by atoms with Crippen LogP contribution in [0.5, 0.6) is 0 Å². The summed E-state index contributed by atoms with van der Waals surface area (Å²) in [6, 6.07) is 15.5. The Bertz CT molecular complexity index is 1030. The van der Waals surface area contributed by atoms with Crippen LogP contribution in [0.15, 0.2) is 70.2 Å². The Hall–Kier alpha value is -2.97. The van der Waals surface area contributed by atoms with Crippen LogP contribution in [0.1, 0.15) is 19.0 Å². The minimum absolute atomic E-state index is 0.129. The van der Waals surface area contributed by atoms with Gasteiger partial charge in [0.25, 0.3) is 0 Å². The van der Waals surface area contributed by atoms with Crippen molar-refractivity contribution in [2.75, 3.05) is 11.9 Å². The van der Waals surface area contributed by atoms with Crippen molar-refractivity contribution in [1.29, 1.82) is 0 Å². The average molecular weight is 399 g/mol. The monoisotopic (exact) mass is 399 g/mol. The van der Waals surface area contributed by atoms with Gasteiger partial charge < -0.3 is 9.73 Å². The molecule has 2 N–H and O–H groups in total. The van der Waals surface area contributed by atoms with E-state index in [9.17, 15) is 13.2 Å². The SMILES string of the molecule is CCC(=O)Nc1ccc(S(=O)(=O)NCCc2coc(-c3ccccc3)n2)cc1. The van der Waals surface area contributed by atoms with Gasteiger partial charge in [0.05, 0.1) is 10.6 Å². The van der Waals surface area contributed by atoms with Crippen LogP contribution < -0.4 is 10.0 Å². The van der Waals surface area contributed by atoms with Crippen LogP contribution in [0.2, 0.25) is 0 Å². The van der Waals surface area contributed by atoms with E-state index in [1.165, 1.54) is 18.4 Å². The molecule has 0 bridgehead atoms. The molecular weight excluding hydrogens is 378 g/mol. The lowest BCUT2D eigenvalue weighted by atomic mass is 10.2. The van der Waals surface area contributed by atoms with E-state index in [1.807, 2.05) is 30.3 Å². The van der Waals surface area contributed by atoms with Gasteiger partial charge in [-0.3, -0.25) is 4.79 Å². The number of aromatic nitrogens is 1. The summed E-state index contributed by atoms with van der Waals surface area (Å²) in [7, 11) is -3.65. The van der Waals surface area contributed by atoms with Crippen LogP contribution in [-0.4, -0.2) is 25.9 Å². The molecule has 7 nitrogen and oxygen atoms in total. The lowest BCUT2D eigenvalue weighted by Gasteiger charge is -2.07. The van der Waals surface area contributed by atoms with Crippen molar-refractivity contribution in [2.45, 2.75) is 24.7 Å². The molecule has 3 rings (SSSR count). The first-order valence-electron chi connectivity index (χ1n) is 8.87. The predicted molar refractivity (Wildman–Crippen MR) is 106 cm³/mol. The normalized spacial score (nSPS) is 11.3. The summed E-state index contributed by atoms with van der Waals surface area (Å²) in [6.45, 7) is 1.94. The second-order valence-electron chi connectivity index (χ2n) is 6.08. The van der Waals surface area contributed by atoms with Gasteiger partial charge in [-0.05, 0) is 36.4 Å². The number of nitrogens with one attached hydrogen (secondary N) is 2. The van der Waals surface area contributed by atoms with Crippen LogP contribution >= 0.6 is 0 Å². The lowest BCUT2D eigenvalue weighted by Crippen LogP contribution is -2.26. The first-order valence-corrected chi connectivity index (χ1v) is 10.4. The second kappa shape index (κ2) is 8.81. The summed E-state index contributed by atoms with van der Waals surface area (Å²) in [5.41, 5.74) is 2.09. The Labute approximate surface area is 163 Å². The molecule has 146 valence electrons. The molecule has 0 aliphatic rings. The van der Waals surface area contributed by atoms with E-state index in [2.05, 4.69) is 15.0 Å². The fourth-order valence-electron chi connectivity index (χ4n) is 2.50. The van der Waals surface area contributed by atoms with Gasteiger partial charge in [-0.1, -0.05) is 25.1 Å². The van der Waals surface area contributed by atoms with Gasteiger partial charge in [0.2, 0.25) is 21.8 Å².